The zero-order valence-corrected chi connectivity index (χ0v) is 22.0. The summed E-state index contributed by atoms with van der Waals surface area (Å²) in [4.78, 5) is 15.6. The van der Waals surface area contributed by atoms with Crippen LogP contribution < -0.4 is 18.9 Å². The van der Waals surface area contributed by atoms with Gasteiger partial charge >= 0.3 is 0 Å². The van der Waals surface area contributed by atoms with E-state index in [4.69, 9.17) is 18.9 Å². The topological polar surface area (TPSA) is 107 Å². The van der Waals surface area contributed by atoms with Crippen molar-refractivity contribution < 1.29 is 29.0 Å². The fourth-order valence-corrected chi connectivity index (χ4v) is 4.94. The van der Waals surface area contributed by atoms with Crippen molar-refractivity contribution >= 4 is 5.69 Å². The number of nitro benzene ring substituents is 1. The number of nitro groups is 1. The molecule has 0 amide bonds. The van der Waals surface area contributed by atoms with Gasteiger partial charge in [0.2, 0.25) is 0 Å². The average Bonchev–Trinajstić information content (AvgIpc) is 2.94. The Labute approximate surface area is 222 Å². The van der Waals surface area contributed by atoms with Crippen LogP contribution in [0.15, 0.2) is 54.6 Å². The van der Waals surface area contributed by atoms with Crippen molar-refractivity contribution in [1.82, 2.24) is 9.80 Å². The number of non-ortho nitro benzene ring substituents is 1. The molecule has 10 heteroatoms. The van der Waals surface area contributed by atoms with E-state index in [1.165, 1.54) is 18.2 Å². The van der Waals surface area contributed by atoms with Gasteiger partial charge in [-0.05, 0) is 24.6 Å². The SMILES string of the molecule is COc1ccc(CN2CCCN(Cc3ccc(OC)cc3OC)C2c2cc([N+](=O)[O-])ccc2O)c(OC)c1. The molecule has 0 aromatic heterocycles. The van der Waals surface area contributed by atoms with Gasteiger partial charge in [-0.3, -0.25) is 19.9 Å². The molecule has 1 heterocycles. The summed E-state index contributed by atoms with van der Waals surface area (Å²) in [5.74, 6) is 2.73. The van der Waals surface area contributed by atoms with Crippen LogP contribution in [-0.2, 0) is 13.1 Å². The highest BCUT2D eigenvalue weighted by molar-refractivity contribution is 5.46. The molecule has 0 bridgehead atoms. The number of hydrogen-bond donors (Lipinski definition) is 1. The molecule has 0 spiro atoms. The minimum atomic E-state index is -0.445. The summed E-state index contributed by atoms with van der Waals surface area (Å²) >= 11 is 0. The average molecular weight is 524 g/mol. The van der Waals surface area contributed by atoms with Crippen molar-refractivity contribution in [3.8, 4) is 28.7 Å². The lowest BCUT2D eigenvalue weighted by Gasteiger charge is -2.44. The summed E-state index contributed by atoms with van der Waals surface area (Å²) in [7, 11) is 6.43. The molecule has 10 nitrogen and oxygen atoms in total. The summed E-state index contributed by atoms with van der Waals surface area (Å²) in [5, 5.41) is 22.5. The minimum absolute atomic E-state index is 0.000826. The lowest BCUT2D eigenvalue weighted by atomic mass is 10.0. The number of rotatable bonds is 10. The Hall–Kier alpha value is -4.02. The molecule has 0 atom stereocenters. The number of phenols is 1. The van der Waals surface area contributed by atoms with Crippen LogP contribution >= 0.6 is 0 Å². The molecule has 202 valence electrons. The van der Waals surface area contributed by atoms with Gasteiger partial charge in [0.25, 0.3) is 5.69 Å². The Morgan fingerprint density at radius 2 is 1.34 bits per heavy atom. The van der Waals surface area contributed by atoms with Crippen LogP contribution in [0.2, 0.25) is 0 Å². The zero-order chi connectivity index (χ0) is 27.2. The van der Waals surface area contributed by atoms with Crippen molar-refractivity contribution in [2.24, 2.45) is 0 Å². The second-order valence-corrected chi connectivity index (χ2v) is 9.02. The number of phenolic OH excluding ortho intramolecular Hbond substituents is 1. The van der Waals surface area contributed by atoms with Crippen LogP contribution in [0.3, 0.4) is 0 Å². The molecule has 0 aliphatic carbocycles. The van der Waals surface area contributed by atoms with Gasteiger partial charge in [0.05, 0.1) is 39.5 Å². The number of methoxy groups -OCH3 is 4. The largest absolute Gasteiger partial charge is 0.508 e. The van der Waals surface area contributed by atoms with E-state index < -0.39 is 11.1 Å². The number of benzene rings is 3. The smallest absolute Gasteiger partial charge is 0.270 e. The summed E-state index contributed by atoms with van der Waals surface area (Å²) in [6.07, 6.45) is 0.422. The van der Waals surface area contributed by atoms with Crippen LogP contribution in [0.5, 0.6) is 28.7 Å². The number of nitrogens with zero attached hydrogens (tertiary/aromatic N) is 3. The number of aromatic hydroxyl groups is 1. The standard InChI is InChI=1S/C28H33N3O7/c1-35-22-9-6-19(26(15-22)37-3)17-29-12-5-13-30(18-20-7-10-23(36-2)16-27(20)38-4)28(29)24-14-21(31(33)34)8-11-25(24)32/h6-11,14-16,28,32H,5,12-13,17-18H2,1-4H3. The molecule has 1 aliphatic rings. The summed E-state index contributed by atoms with van der Waals surface area (Å²) in [5.41, 5.74) is 2.27. The fraction of sp³-hybridized carbons (Fsp3) is 0.357. The van der Waals surface area contributed by atoms with Gasteiger partial charge in [-0.25, -0.2) is 0 Å². The van der Waals surface area contributed by atoms with Gasteiger partial charge in [0.1, 0.15) is 28.7 Å². The number of ether oxygens (including phenoxy) is 4. The first-order valence-corrected chi connectivity index (χ1v) is 12.3. The van der Waals surface area contributed by atoms with Crippen molar-refractivity contribution in [2.45, 2.75) is 25.7 Å². The van der Waals surface area contributed by atoms with Crippen LogP contribution in [0.1, 0.15) is 29.3 Å². The normalized spacial score (nSPS) is 14.7. The molecule has 3 aromatic carbocycles. The third kappa shape index (κ3) is 5.76. The maximum Gasteiger partial charge on any atom is 0.270 e. The lowest BCUT2D eigenvalue weighted by Crippen LogP contribution is -2.47. The second kappa shape index (κ2) is 12.0. The highest BCUT2D eigenvalue weighted by Gasteiger charge is 2.34. The van der Waals surface area contributed by atoms with Gasteiger partial charge in [-0.15, -0.1) is 0 Å². The number of hydrogen-bond acceptors (Lipinski definition) is 9. The van der Waals surface area contributed by atoms with Crippen LogP contribution in [0, 0.1) is 10.1 Å². The van der Waals surface area contributed by atoms with Crippen molar-refractivity contribution in [3.63, 3.8) is 0 Å². The highest BCUT2D eigenvalue weighted by Crippen LogP contribution is 2.40. The molecule has 0 radical (unpaired) electrons. The van der Waals surface area contributed by atoms with E-state index in [0.29, 0.717) is 41.7 Å². The summed E-state index contributed by atoms with van der Waals surface area (Å²) < 4.78 is 22.0. The van der Waals surface area contributed by atoms with E-state index in [0.717, 1.165) is 30.6 Å². The molecular formula is C28H33N3O7. The highest BCUT2D eigenvalue weighted by atomic mass is 16.6. The molecule has 1 N–H and O–H groups in total. The Morgan fingerprint density at radius 1 is 0.816 bits per heavy atom. The Balaban J connectivity index is 1.76. The second-order valence-electron chi connectivity index (χ2n) is 9.02. The van der Waals surface area contributed by atoms with Gasteiger partial charge < -0.3 is 24.1 Å². The first-order chi connectivity index (χ1) is 18.4. The molecule has 1 fully saturated rings. The molecule has 0 unspecified atom stereocenters. The summed E-state index contributed by atoms with van der Waals surface area (Å²) in [6, 6.07) is 15.5. The van der Waals surface area contributed by atoms with Crippen molar-refractivity contribution in [1.29, 1.82) is 0 Å². The van der Waals surface area contributed by atoms with Crippen molar-refractivity contribution in [3.05, 3.63) is 81.4 Å². The fourth-order valence-electron chi connectivity index (χ4n) is 4.94. The molecule has 0 saturated carbocycles. The maximum absolute atomic E-state index is 11.6. The molecule has 4 rings (SSSR count). The van der Waals surface area contributed by atoms with Gasteiger partial charge in [0.15, 0.2) is 0 Å². The first kappa shape index (κ1) is 27.0. The Morgan fingerprint density at radius 3 is 1.79 bits per heavy atom. The van der Waals surface area contributed by atoms with Crippen LogP contribution in [0.4, 0.5) is 5.69 Å². The van der Waals surface area contributed by atoms with Crippen molar-refractivity contribution in [2.75, 3.05) is 41.5 Å². The van der Waals surface area contributed by atoms with Crippen LogP contribution in [-0.4, -0.2) is 61.4 Å². The van der Waals surface area contributed by atoms with Crippen LogP contribution in [0.25, 0.3) is 0 Å². The Kier molecular flexibility index (Phi) is 8.55. The van der Waals surface area contributed by atoms with E-state index in [1.54, 1.807) is 28.4 Å². The van der Waals surface area contributed by atoms with E-state index in [1.807, 2.05) is 36.4 Å². The lowest BCUT2D eigenvalue weighted by molar-refractivity contribution is -0.385. The van der Waals surface area contributed by atoms with Gasteiger partial charge in [-0.1, -0.05) is 12.1 Å². The van der Waals surface area contributed by atoms with E-state index in [-0.39, 0.29) is 11.4 Å². The first-order valence-electron chi connectivity index (χ1n) is 12.3. The van der Waals surface area contributed by atoms with Gasteiger partial charge in [0, 0.05) is 67.1 Å². The maximum atomic E-state index is 11.6. The van der Waals surface area contributed by atoms with E-state index in [9.17, 15) is 15.2 Å². The third-order valence-electron chi connectivity index (χ3n) is 6.82. The molecule has 1 aliphatic heterocycles. The molecule has 1 saturated heterocycles. The monoisotopic (exact) mass is 523 g/mol. The quantitative estimate of drug-likeness (QED) is 0.298. The van der Waals surface area contributed by atoms with E-state index in [2.05, 4.69) is 9.80 Å². The molecular weight excluding hydrogens is 490 g/mol. The predicted octanol–water partition coefficient (Wildman–Crippen LogP) is 4.74. The predicted molar refractivity (Wildman–Crippen MR) is 142 cm³/mol. The third-order valence-corrected chi connectivity index (χ3v) is 6.82. The zero-order valence-electron chi connectivity index (χ0n) is 22.0. The molecule has 38 heavy (non-hydrogen) atoms. The minimum Gasteiger partial charge on any atom is -0.508 e. The Bertz CT molecular complexity index is 1220. The van der Waals surface area contributed by atoms with Gasteiger partial charge in [-0.2, -0.15) is 0 Å². The summed E-state index contributed by atoms with van der Waals surface area (Å²) in [6.45, 7) is 2.43. The van der Waals surface area contributed by atoms with E-state index >= 15 is 0 Å². The molecule has 3 aromatic rings.